The Hall–Kier alpha value is -1.48. The van der Waals surface area contributed by atoms with Gasteiger partial charge in [-0.3, -0.25) is 4.98 Å². The van der Waals surface area contributed by atoms with Gasteiger partial charge in [0, 0.05) is 51.5 Å². The number of fused-ring (bicyclic) bond motifs is 1. The number of rotatable bonds is 6. The number of nitrogens with zero attached hydrogens (tertiary/aromatic N) is 3. The summed E-state index contributed by atoms with van der Waals surface area (Å²) in [6.07, 6.45) is 1.94. The standard InChI is InChI=1S/C17H21ClFN3O3S/c1-25-11-2-12-26(23,24)22-9-7-21(8-10-22)15-4-3-13-14(18)5-6-20-17(13)16(15)19/h3-6H,2,7-12H2,1H3. The van der Waals surface area contributed by atoms with Gasteiger partial charge in [0.05, 0.1) is 16.5 Å². The molecule has 0 atom stereocenters. The summed E-state index contributed by atoms with van der Waals surface area (Å²) in [5.74, 6) is -0.366. The Kier molecular flexibility index (Phi) is 5.96. The molecule has 0 N–H and O–H groups in total. The topological polar surface area (TPSA) is 62.7 Å². The molecule has 0 unspecified atom stereocenters. The lowest BCUT2D eigenvalue weighted by atomic mass is 10.1. The van der Waals surface area contributed by atoms with Gasteiger partial charge in [-0.1, -0.05) is 11.6 Å². The van der Waals surface area contributed by atoms with Crippen molar-refractivity contribution in [1.82, 2.24) is 9.29 Å². The number of sulfonamides is 1. The number of aromatic nitrogens is 1. The van der Waals surface area contributed by atoms with Crippen molar-refractivity contribution in [1.29, 1.82) is 0 Å². The summed E-state index contributed by atoms with van der Waals surface area (Å²) in [6.45, 7) is 1.92. The quantitative estimate of drug-likeness (QED) is 0.696. The monoisotopic (exact) mass is 401 g/mol. The van der Waals surface area contributed by atoms with Crippen LogP contribution in [0.2, 0.25) is 5.02 Å². The minimum atomic E-state index is -3.31. The van der Waals surface area contributed by atoms with Crippen LogP contribution < -0.4 is 4.90 Å². The molecule has 0 saturated carbocycles. The van der Waals surface area contributed by atoms with Crippen LogP contribution in [-0.2, 0) is 14.8 Å². The van der Waals surface area contributed by atoms with Crippen LogP contribution in [0.3, 0.4) is 0 Å². The lowest BCUT2D eigenvalue weighted by molar-refractivity contribution is 0.199. The van der Waals surface area contributed by atoms with E-state index in [-0.39, 0.29) is 11.3 Å². The van der Waals surface area contributed by atoms with E-state index in [2.05, 4.69) is 4.98 Å². The van der Waals surface area contributed by atoms with E-state index in [0.29, 0.717) is 55.3 Å². The lowest BCUT2D eigenvalue weighted by Gasteiger charge is -2.35. The van der Waals surface area contributed by atoms with Crippen LogP contribution in [0.1, 0.15) is 6.42 Å². The first-order valence-electron chi connectivity index (χ1n) is 8.38. The maximum absolute atomic E-state index is 14.9. The van der Waals surface area contributed by atoms with Crippen LogP contribution >= 0.6 is 11.6 Å². The molecule has 1 aliphatic rings. The molecule has 1 fully saturated rings. The molecule has 2 aromatic rings. The minimum Gasteiger partial charge on any atom is -0.385 e. The predicted octanol–water partition coefficient (Wildman–Crippen LogP) is 2.52. The summed E-state index contributed by atoms with van der Waals surface area (Å²) >= 11 is 6.09. The molecule has 1 saturated heterocycles. The lowest BCUT2D eigenvalue weighted by Crippen LogP contribution is -2.49. The summed E-state index contributed by atoms with van der Waals surface area (Å²) in [5, 5.41) is 1.02. The first kappa shape index (κ1) is 19.3. The highest BCUT2D eigenvalue weighted by atomic mass is 35.5. The van der Waals surface area contributed by atoms with E-state index in [1.165, 1.54) is 10.5 Å². The van der Waals surface area contributed by atoms with Crippen LogP contribution in [0, 0.1) is 5.82 Å². The van der Waals surface area contributed by atoms with Gasteiger partial charge in [-0.2, -0.15) is 4.31 Å². The molecule has 3 rings (SSSR count). The van der Waals surface area contributed by atoms with Crippen LogP contribution in [0.25, 0.3) is 10.9 Å². The van der Waals surface area contributed by atoms with E-state index < -0.39 is 15.8 Å². The van der Waals surface area contributed by atoms with Gasteiger partial charge in [0.25, 0.3) is 0 Å². The van der Waals surface area contributed by atoms with E-state index in [9.17, 15) is 12.8 Å². The zero-order valence-corrected chi connectivity index (χ0v) is 16.1. The summed E-state index contributed by atoms with van der Waals surface area (Å²) in [4.78, 5) is 5.93. The molecule has 6 nitrogen and oxygen atoms in total. The van der Waals surface area contributed by atoms with Gasteiger partial charge in [-0.05, 0) is 24.6 Å². The Morgan fingerprint density at radius 3 is 2.65 bits per heavy atom. The van der Waals surface area contributed by atoms with Gasteiger partial charge in [0.1, 0.15) is 5.52 Å². The van der Waals surface area contributed by atoms with Gasteiger partial charge in [-0.25, -0.2) is 12.8 Å². The second-order valence-corrected chi connectivity index (χ2v) is 8.63. The molecule has 142 valence electrons. The summed E-state index contributed by atoms with van der Waals surface area (Å²) < 4.78 is 45.9. The third-order valence-electron chi connectivity index (χ3n) is 4.50. The van der Waals surface area contributed by atoms with Crippen LogP contribution in [0.15, 0.2) is 24.4 Å². The molecular weight excluding hydrogens is 381 g/mol. The fourth-order valence-corrected chi connectivity index (χ4v) is 4.78. The number of hydrogen-bond acceptors (Lipinski definition) is 5. The van der Waals surface area contributed by atoms with Crippen LogP contribution in [0.4, 0.5) is 10.1 Å². The second-order valence-electron chi connectivity index (χ2n) is 6.14. The zero-order valence-electron chi connectivity index (χ0n) is 14.5. The first-order valence-corrected chi connectivity index (χ1v) is 10.4. The number of halogens is 2. The largest absolute Gasteiger partial charge is 0.385 e. The molecule has 1 aliphatic heterocycles. The van der Waals surface area contributed by atoms with E-state index in [1.54, 1.807) is 25.3 Å². The Bertz CT molecular complexity index is 886. The Balaban J connectivity index is 1.72. The fraction of sp³-hybridized carbons (Fsp3) is 0.471. The maximum atomic E-state index is 14.9. The number of ether oxygens (including phenoxy) is 1. The molecule has 0 aliphatic carbocycles. The van der Waals surface area contributed by atoms with Gasteiger partial charge < -0.3 is 9.64 Å². The highest BCUT2D eigenvalue weighted by Gasteiger charge is 2.28. The average molecular weight is 402 g/mol. The van der Waals surface area contributed by atoms with Crippen molar-refractivity contribution in [3.63, 3.8) is 0 Å². The molecule has 1 aromatic carbocycles. The SMILES string of the molecule is COCCCS(=O)(=O)N1CCN(c2ccc3c(Cl)ccnc3c2F)CC1. The van der Waals surface area contributed by atoms with E-state index in [4.69, 9.17) is 16.3 Å². The average Bonchev–Trinajstić information content (AvgIpc) is 2.63. The number of anilines is 1. The van der Waals surface area contributed by atoms with Crippen molar-refractivity contribution in [2.75, 3.05) is 50.5 Å². The normalized spacial score (nSPS) is 16.3. The Labute approximate surface area is 157 Å². The molecule has 0 bridgehead atoms. The third kappa shape index (κ3) is 3.93. The molecule has 2 heterocycles. The molecule has 0 amide bonds. The van der Waals surface area contributed by atoms with Gasteiger partial charge >= 0.3 is 0 Å². The summed E-state index contributed by atoms with van der Waals surface area (Å²) in [5.41, 5.74) is 0.647. The first-order chi connectivity index (χ1) is 12.4. The minimum absolute atomic E-state index is 0.0631. The van der Waals surface area contributed by atoms with Crippen molar-refractivity contribution in [2.24, 2.45) is 0 Å². The van der Waals surface area contributed by atoms with Crippen molar-refractivity contribution in [2.45, 2.75) is 6.42 Å². The highest BCUT2D eigenvalue weighted by Crippen LogP contribution is 2.30. The summed E-state index contributed by atoms with van der Waals surface area (Å²) in [6, 6.07) is 5.04. The van der Waals surface area contributed by atoms with Crippen molar-refractivity contribution >= 4 is 38.2 Å². The Morgan fingerprint density at radius 1 is 1.23 bits per heavy atom. The summed E-state index contributed by atoms with van der Waals surface area (Å²) in [7, 11) is -1.76. The molecule has 1 aromatic heterocycles. The van der Waals surface area contributed by atoms with Crippen molar-refractivity contribution in [3.05, 3.63) is 35.2 Å². The van der Waals surface area contributed by atoms with Crippen LogP contribution in [-0.4, -0.2) is 63.4 Å². The fourth-order valence-electron chi connectivity index (χ4n) is 3.11. The predicted molar refractivity (Wildman–Crippen MR) is 101 cm³/mol. The van der Waals surface area contributed by atoms with Crippen molar-refractivity contribution < 1.29 is 17.5 Å². The number of pyridine rings is 1. The maximum Gasteiger partial charge on any atom is 0.214 e. The molecule has 9 heteroatoms. The highest BCUT2D eigenvalue weighted by molar-refractivity contribution is 7.89. The molecule has 26 heavy (non-hydrogen) atoms. The van der Waals surface area contributed by atoms with E-state index >= 15 is 0 Å². The van der Waals surface area contributed by atoms with E-state index in [0.717, 1.165) is 0 Å². The van der Waals surface area contributed by atoms with Crippen molar-refractivity contribution in [3.8, 4) is 0 Å². The van der Waals surface area contributed by atoms with E-state index in [1.807, 2.05) is 4.90 Å². The van der Waals surface area contributed by atoms with Gasteiger partial charge in [0.15, 0.2) is 5.82 Å². The third-order valence-corrected chi connectivity index (χ3v) is 6.79. The smallest absolute Gasteiger partial charge is 0.214 e. The zero-order chi connectivity index (χ0) is 18.7. The number of benzene rings is 1. The number of methoxy groups -OCH3 is 1. The Morgan fingerprint density at radius 2 is 1.96 bits per heavy atom. The van der Waals surface area contributed by atoms with Gasteiger partial charge in [0.2, 0.25) is 10.0 Å². The molecule has 0 radical (unpaired) electrons. The molecular formula is C17H21ClFN3O3S. The van der Waals surface area contributed by atoms with Gasteiger partial charge in [-0.15, -0.1) is 0 Å². The second kappa shape index (κ2) is 8.04. The van der Waals surface area contributed by atoms with Crippen LogP contribution in [0.5, 0.6) is 0 Å². The number of hydrogen-bond donors (Lipinski definition) is 0. The molecule has 0 spiro atoms. The number of piperazine rings is 1.